The van der Waals surface area contributed by atoms with Crippen molar-refractivity contribution in [2.24, 2.45) is 11.7 Å². The minimum Gasteiger partial charge on any atom is -0.489 e. The van der Waals surface area contributed by atoms with Gasteiger partial charge in [0.1, 0.15) is 34.8 Å². The van der Waals surface area contributed by atoms with Crippen LogP contribution >= 0.6 is 0 Å². The average molecular weight is 476 g/mol. The Hall–Kier alpha value is -2.95. The number of hydrogen-bond acceptors (Lipinski definition) is 8. The number of nitrogens with two attached hydrogens (primary N) is 1. The summed E-state index contributed by atoms with van der Waals surface area (Å²) in [5, 5.41) is 0. The van der Waals surface area contributed by atoms with E-state index in [0.29, 0.717) is 28.8 Å². The molecule has 1 aliphatic heterocycles. The van der Waals surface area contributed by atoms with E-state index in [2.05, 4.69) is 23.4 Å². The van der Waals surface area contributed by atoms with Gasteiger partial charge < -0.3 is 19.8 Å². The van der Waals surface area contributed by atoms with Crippen molar-refractivity contribution in [3.05, 3.63) is 59.9 Å². The molecule has 2 atom stereocenters. The fourth-order valence-electron chi connectivity index (χ4n) is 3.71. The Morgan fingerprint density at radius 2 is 2.18 bits per heavy atom. The van der Waals surface area contributed by atoms with Crippen molar-refractivity contribution in [3.63, 3.8) is 0 Å². The van der Waals surface area contributed by atoms with Gasteiger partial charge in [0.05, 0.1) is 0 Å². The number of oxazole rings is 1. The van der Waals surface area contributed by atoms with E-state index in [0.717, 1.165) is 25.6 Å². The van der Waals surface area contributed by atoms with Crippen LogP contribution in [0.3, 0.4) is 0 Å². The maximum absolute atomic E-state index is 14.9. The van der Waals surface area contributed by atoms with Crippen molar-refractivity contribution < 1.29 is 26.1 Å². The molecule has 3 aromatic rings. The van der Waals surface area contributed by atoms with Crippen molar-refractivity contribution in [1.82, 2.24) is 4.98 Å². The van der Waals surface area contributed by atoms with Crippen molar-refractivity contribution in [2.45, 2.75) is 38.0 Å². The van der Waals surface area contributed by atoms with Crippen LogP contribution in [0.15, 0.2) is 52.3 Å². The van der Waals surface area contributed by atoms with Crippen LogP contribution in [-0.2, 0) is 20.9 Å². The molecule has 8 nitrogen and oxygen atoms in total. The van der Waals surface area contributed by atoms with Gasteiger partial charge >= 0.3 is 0 Å². The van der Waals surface area contributed by atoms with E-state index in [1.54, 1.807) is 18.2 Å². The smallest absolute Gasteiger partial charge is 0.299 e. The maximum atomic E-state index is 14.9. The Bertz CT molecular complexity index is 1290. The predicted molar refractivity (Wildman–Crippen MR) is 122 cm³/mol. The summed E-state index contributed by atoms with van der Waals surface area (Å²) in [5.41, 5.74) is 6.84. The lowest BCUT2D eigenvalue weighted by atomic mass is 10.1. The molecule has 1 fully saturated rings. The highest BCUT2D eigenvalue weighted by Crippen LogP contribution is 2.30. The number of ether oxygens (including phenoxy) is 1. The number of aromatic nitrogens is 1. The van der Waals surface area contributed by atoms with Crippen LogP contribution < -0.4 is 15.4 Å². The third-order valence-corrected chi connectivity index (χ3v) is 6.96. The molecule has 0 radical (unpaired) electrons. The summed E-state index contributed by atoms with van der Waals surface area (Å²) in [6.45, 7) is 8.54. The number of rotatable bonds is 8. The Kier molecular flexibility index (Phi) is 6.42. The standard InChI is InChI=1S/C23H26FN3O5S/c1-4-21(25)32-33(28,29)20-8-5-15(3)22(24)17(20)13-30-16-6-7-18-19(11-16)31-23(26-18)27-10-9-14(2)12-27/h4-8,11,14,21H,1,9-10,12-13,25H2,2-3H3. The van der Waals surface area contributed by atoms with E-state index >= 15 is 0 Å². The average Bonchev–Trinajstić information content (AvgIpc) is 3.39. The second-order valence-corrected chi connectivity index (χ2v) is 9.72. The molecule has 0 amide bonds. The summed E-state index contributed by atoms with van der Waals surface area (Å²) in [6, 6.07) is 8.25. The van der Waals surface area contributed by atoms with Gasteiger partial charge in [-0.3, -0.25) is 0 Å². The molecule has 1 aromatic heterocycles. The third-order valence-electron chi connectivity index (χ3n) is 5.56. The van der Waals surface area contributed by atoms with Crippen molar-refractivity contribution >= 4 is 27.2 Å². The highest BCUT2D eigenvalue weighted by Gasteiger charge is 2.26. The Labute approximate surface area is 191 Å². The van der Waals surface area contributed by atoms with Crippen molar-refractivity contribution in [1.29, 1.82) is 0 Å². The Morgan fingerprint density at radius 1 is 1.39 bits per heavy atom. The van der Waals surface area contributed by atoms with Gasteiger partial charge in [-0.15, -0.1) is 0 Å². The van der Waals surface area contributed by atoms with Gasteiger partial charge in [0, 0.05) is 24.7 Å². The highest BCUT2D eigenvalue weighted by atomic mass is 32.2. The summed E-state index contributed by atoms with van der Waals surface area (Å²) in [6.07, 6.45) is 0.957. The SMILES string of the molecule is C=CC(N)OS(=O)(=O)c1ccc(C)c(F)c1COc1ccc2nc(N3CCC(C)C3)oc2c1. The lowest BCUT2D eigenvalue weighted by Gasteiger charge is -2.15. The van der Waals surface area contributed by atoms with Gasteiger partial charge in [-0.25, -0.2) is 8.57 Å². The number of anilines is 1. The number of nitrogens with zero attached hydrogens (tertiary/aromatic N) is 2. The van der Waals surface area contributed by atoms with Gasteiger partial charge in [-0.05, 0) is 49.1 Å². The van der Waals surface area contributed by atoms with Crippen LogP contribution in [0.25, 0.3) is 11.1 Å². The molecule has 0 saturated carbocycles. The molecule has 2 unspecified atom stereocenters. The van der Waals surface area contributed by atoms with E-state index in [1.807, 2.05) is 0 Å². The molecule has 0 spiro atoms. The normalized spacial score (nSPS) is 17.5. The largest absolute Gasteiger partial charge is 0.489 e. The van der Waals surface area contributed by atoms with Crippen molar-refractivity contribution in [3.8, 4) is 5.75 Å². The first kappa shape index (κ1) is 23.2. The molecule has 0 bridgehead atoms. The van der Waals surface area contributed by atoms with Crippen molar-refractivity contribution in [2.75, 3.05) is 18.0 Å². The third kappa shape index (κ3) is 4.87. The molecule has 0 aliphatic carbocycles. The van der Waals surface area contributed by atoms with Crippen LogP contribution in [-0.4, -0.2) is 32.7 Å². The minimum atomic E-state index is -4.34. The summed E-state index contributed by atoms with van der Waals surface area (Å²) < 4.78 is 56.6. The molecular formula is C23H26FN3O5S. The highest BCUT2D eigenvalue weighted by molar-refractivity contribution is 7.86. The molecule has 1 aliphatic rings. The molecule has 2 heterocycles. The Balaban J connectivity index is 1.58. The monoisotopic (exact) mass is 475 g/mol. The fourth-order valence-corrected chi connectivity index (χ4v) is 4.87. The topological polar surface area (TPSA) is 108 Å². The molecule has 4 rings (SSSR count). The van der Waals surface area contributed by atoms with E-state index in [4.69, 9.17) is 19.1 Å². The lowest BCUT2D eigenvalue weighted by Crippen LogP contribution is -2.25. The predicted octanol–water partition coefficient (Wildman–Crippen LogP) is 3.88. The first-order chi connectivity index (χ1) is 15.7. The van der Waals surface area contributed by atoms with E-state index in [1.165, 1.54) is 19.1 Å². The number of hydrogen-bond donors (Lipinski definition) is 1. The fraction of sp³-hybridized carbons (Fsp3) is 0.348. The second kappa shape index (κ2) is 9.12. The number of halogens is 1. The summed E-state index contributed by atoms with van der Waals surface area (Å²) in [5.74, 6) is 0.268. The summed E-state index contributed by atoms with van der Waals surface area (Å²) in [4.78, 5) is 6.27. The summed E-state index contributed by atoms with van der Waals surface area (Å²) in [7, 11) is -4.34. The first-order valence-corrected chi connectivity index (χ1v) is 12.0. The molecule has 176 valence electrons. The Morgan fingerprint density at radius 3 is 2.88 bits per heavy atom. The van der Waals surface area contributed by atoms with E-state index in [-0.39, 0.29) is 22.6 Å². The number of benzene rings is 2. The van der Waals surface area contributed by atoms with Crippen LogP contribution in [0.1, 0.15) is 24.5 Å². The van der Waals surface area contributed by atoms with Gasteiger partial charge in [0.25, 0.3) is 16.1 Å². The van der Waals surface area contributed by atoms with Gasteiger partial charge in [0.2, 0.25) is 0 Å². The zero-order chi connectivity index (χ0) is 23.8. The zero-order valence-corrected chi connectivity index (χ0v) is 19.3. The van der Waals surface area contributed by atoms with Crippen LogP contribution in [0.4, 0.5) is 10.4 Å². The van der Waals surface area contributed by atoms with E-state index < -0.39 is 22.2 Å². The molecular weight excluding hydrogens is 449 g/mol. The molecule has 2 N–H and O–H groups in total. The maximum Gasteiger partial charge on any atom is 0.299 e. The second-order valence-electron chi connectivity index (χ2n) is 8.18. The van der Waals surface area contributed by atoms with Crippen LogP contribution in [0.5, 0.6) is 5.75 Å². The van der Waals surface area contributed by atoms with E-state index in [9.17, 15) is 12.8 Å². The van der Waals surface area contributed by atoms with Gasteiger partial charge in [0.15, 0.2) is 5.58 Å². The van der Waals surface area contributed by atoms with Gasteiger partial charge in [-0.1, -0.05) is 19.6 Å². The molecule has 10 heteroatoms. The van der Waals surface area contributed by atoms with Crippen LogP contribution in [0.2, 0.25) is 0 Å². The van der Waals surface area contributed by atoms with Gasteiger partial charge in [-0.2, -0.15) is 13.4 Å². The minimum absolute atomic E-state index is 0.157. The molecule has 1 saturated heterocycles. The molecule has 33 heavy (non-hydrogen) atoms. The quantitative estimate of drug-likeness (QED) is 0.297. The lowest BCUT2D eigenvalue weighted by molar-refractivity contribution is 0.260. The summed E-state index contributed by atoms with van der Waals surface area (Å²) >= 11 is 0. The molecule has 2 aromatic carbocycles. The number of fused-ring (bicyclic) bond motifs is 1. The number of aryl methyl sites for hydroxylation is 1. The first-order valence-electron chi connectivity index (χ1n) is 10.6. The van der Waals surface area contributed by atoms with Crippen LogP contribution in [0, 0.1) is 18.7 Å². The zero-order valence-electron chi connectivity index (χ0n) is 18.5.